The molecule has 3 unspecified atom stereocenters. The van der Waals surface area contributed by atoms with Crippen molar-refractivity contribution < 1.29 is 9.90 Å². The van der Waals surface area contributed by atoms with E-state index in [1.807, 2.05) is 6.92 Å². The second kappa shape index (κ2) is 4.86. The summed E-state index contributed by atoms with van der Waals surface area (Å²) in [5, 5.41) is 9.12. The Morgan fingerprint density at radius 1 is 1.69 bits per heavy atom. The van der Waals surface area contributed by atoms with Crippen LogP contribution in [0.15, 0.2) is 0 Å². The van der Waals surface area contributed by atoms with Gasteiger partial charge in [-0.2, -0.15) is 11.8 Å². The second-order valence-electron chi connectivity index (χ2n) is 3.70. The predicted molar refractivity (Wildman–Crippen MR) is 54.9 cm³/mol. The quantitative estimate of drug-likeness (QED) is 0.707. The van der Waals surface area contributed by atoms with E-state index in [1.165, 1.54) is 0 Å². The summed E-state index contributed by atoms with van der Waals surface area (Å²) in [5.74, 6) is 0.258. The summed E-state index contributed by atoms with van der Waals surface area (Å²) in [6, 6.07) is 0.232. The Balaban J connectivity index is 2.12. The van der Waals surface area contributed by atoms with Crippen LogP contribution in [0.2, 0.25) is 0 Å². The minimum atomic E-state index is -0.635. The standard InChI is InChI=1S/C9H17NO2S/c1-6(10)4-5-13-8-3-2-7(8)9(11)12/h6-8H,2-5,10H2,1H3,(H,11,12). The van der Waals surface area contributed by atoms with Gasteiger partial charge >= 0.3 is 5.97 Å². The maximum absolute atomic E-state index is 10.7. The molecule has 1 aliphatic carbocycles. The van der Waals surface area contributed by atoms with E-state index in [2.05, 4.69) is 0 Å². The third-order valence-electron chi connectivity index (χ3n) is 2.43. The molecule has 4 heteroatoms. The van der Waals surface area contributed by atoms with Gasteiger partial charge in [-0.15, -0.1) is 0 Å². The van der Waals surface area contributed by atoms with Crippen molar-refractivity contribution in [3.63, 3.8) is 0 Å². The first-order valence-electron chi connectivity index (χ1n) is 4.71. The molecular formula is C9H17NO2S. The topological polar surface area (TPSA) is 63.3 Å². The van der Waals surface area contributed by atoms with Gasteiger partial charge in [0.05, 0.1) is 5.92 Å². The smallest absolute Gasteiger partial charge is 0.307 e. The third-order valence-corrected chi connectivity index (χ3v) is 3.90. The molecule has 0 bridgehead atoms. The van der Waals surface area contributed by atoms with Crippen LogP contribution in [-0.2, 0) is 4.79 Å². The van der Waals surface area contributed by atoms with E-state index in [4.69, 9.17) is 10.8 Å². The molecule has 0 amide bonds. The zero-order valence-corrected chi connectivity index (χ0v) is 8.72. The first-order chi connectivity index (χ1) is 6.11. The summed E-state index contributed by atoms with van der Waals surface area (Å²) in [6.45, 7) is 1.98. The molecule has 0 aromatic heterocycles. The maximum Gasteiger partial charge on any atom is 0.307 e. The summed E-state index contributed by atoms with van der Waals surface area (Å²) in [7, 11) is 0. The number of thioether (sulfide) groups is 1. The van der Waals surface area contributed by atoms with Crippen LogP contribution in [0, 0.1) is 5.92 Å². The molecule has 0 aromatic carbocycles. The lowest BCUT2D eigenvalue weighted by atomic mass is 9.85. The van der Waals surface area contributed by atoms with Gasteiger partial charge in [-0.3, -0.25) is 4.79 Å². The summed E-state index contributed by atoms with van der Waals surface area (Å²) >= 11 is 1.77. The first-order valence-corrected chi connectivity index (χ1v) is 5.76. The van der Waals surface area contributed by atoms with Crippen LogP contribution in [0.3, 0.4) is 0 Å². The molecule has 3 N–H and O–H groups in total. The molecule has 13 heavy (non-hydrogen) atoms. The normalized spacial score (nSPS) is 29.4. The Bertz CT molecular complexity index is 184. The molecule has 1 rings (SSSR count). The average molecular weight is 203 g/mol. The molecule has 3 atom stereocenters. The van der Waals surface area contributed by atoms with Crippen LogP contribution < -0.4 is 5.73 Å². The number of aliphatic carboxylic acids is 1. The highest BCUT2D eigenvalue weighted by atomic mass is 32.2. The van der Waals surface area contributed by atoms with Crippen LogP contribution in [0.1, 0.15) is 26.2 Å². The molecule has 0 saturated heterocycles. The van der Waals surface area contributed by atoms with Gasteiger partial charge in [0.25, 0.3) is 0 Å². The SMILES string of the molecule is CC(N)CCSC1CCC1C(=O)O. The van der Waals surface area contributed by atoms with Crippen molar-refractivity contribution in [2.24, 2.45) is 11.7 Å². The van der Waals surface area contributed by atoms with E-state index in [0.717, 1.165) is 25.0 Å². The first kappa shape index (κ1) is 10.9. The van der Waals surface area contributed by atoms with Crippen molar-refractivity contribution in [2.75, 3.05) is 5.75 Å². The van der Waals surface area contributed by atoms with Crippen molar-refractivity contribution in [3.05, 3.63) is 0 Å². The van der Waals surface area contributed by atoms with Gasteiger partial charge in [0.15, 0.2) is 0 Å². The molecule has 0 aromatic rings. The van der Waals surface area contributed by atoms with Gasteiger partial charge in [0.2, 0.25) is 0 Å². The van der Waals surface area contributed by atoms with Crippen LogP contribution in [0.5, 0.6) is 0 Å². The molecule has 1 aliphatic rings. The summed E-state index contributed by atoms with van der Waals surface area (Å²) in [5.41, 5.74) is 5.60. The van der Waals surface area contributed by atoms with Gasteiger partial charge in [-0.25, -0.2) is 0 Å². The van der Waals surface area contributed by atoms with Crippen molar-refractivity contribution in [3.8, 4) is 0 Å². The molecule has 76 valence electrons. The zero-order chi connectivity index (χ0) is 9.84. The Hall–Kier alpha value is -0.220. The van der Waals surface area contributed by atoms with Crippen LogP contribution in [-0.4, -0.2) is 28.1 Å². The number of hydrogen-bond acceptors (Lipinski definition) is 3. The van der Waals surface area contributed by atoms with Crippen LogP contribution >= 0.6 is 11.8 Å². The lowest BCUT2D eigenvalue weighted by Gasteiger charge is -2.32. The van der Waals surface area contributed by atoms with Gasteiger partial charge in [0, 0.05) is 11.3 Å². The van der Waals surface area contributed by atoms with Gasteiger partial charge in [-0.1, -0.05) is 0 Å². The molecular weight excluding hydrogens is 186 g/mol. The van der Waals surface area contributed by atoms with Crippen LogP contribution in [0.4, 0.5) is 0 Å². The highest BCUT2D eigenvalue weighted by molar-refractivity contribution is 8.00. The molecule has 0 aliphatic heterocycles. The molecule has 0 heterocycles. The summed E-state index contributed by atoms with van der Waals surface area (Å²) < 4.78 is 0. The fraction of sp³-hybridized carbons (Fsp3) is 0.889. The highest BCUT2D eigenvalue weighted by Gasteiger charge is 2.36. The molecule has 1 saturated carbocycles. The number of rotatable bonds is 5. The average Bonchev–Trinajstić information content (AvgIpc) is 1.93. The highest BCUT2D eigenvalue weighted by Crippen LogP contribution is 2.37. The minimum absolute atomic E-state index is 0.0990. The lowest BCUT2D eigenvalue weighted by Crippen LogP contribution is -2.35. The number of carboxylic acid groups (broad SMARTS) is 1. The van der Waals surface area contributed by atoms with E-state index in [9.17, 15) is 4.79 Å². The zero-order valence-electron chi connectivity index (χ0n) is 7.90. The minimum Gasteiger partial charge on any atom is -0.481 e. The number of hydrogen-bond donors (Lipinski definition) is 2. The van der Waals surface area contributed by atoms with Crippen molar-refractivity contribution >= 4 is 17.7 Å². The molecule has 0 radical (unpaired) electrons. The molecule has 0 spiro atoms. The third kappa shape index (κ3) is 3.19. The van der Waals surface area contributed by atoms with E-state index in [-0.39, 0.29) is 12.0 Å². The van der Waals surface area contributed by atoms with E-state index >= 15 is 0 Å². The van der Waals surface area contributed by atoms with E-state index in [0.29, 0.717) is 5.25 Å². The van der Waals surface area contributed by atoms with Crippen molar-refractivity contribution in [1.29, 1.82) is 0 Å². The van der Waals surface area contributed by atoms with Gasteiger partial charge < -0.3 is 10.8 Å². The lowest BCUT2D eigenvalue weighted by molar-refractivity contribution is -0.144. The monoisotopic (exact) mass is 203 g/mol. The summed E-state index contributed by atoms with van der Waals surface area (Å²) in [6.07, 6.45) is 2.89. The summed E-state index contributed by atoms with van der Waals surface area (Å²) in [4.78, 5) is 10.7. The fourth-order valence-electron chi connectivity index (χ4n) is 1.36. The van der Waals surface area contributed by atoms with E-state index < -0.39 is 5.97 Å². The van der Waals surface area contributed by atoms with E-state index in [1.54, 1.807) is 11.8 Å². The fourth-order valence-corrected chi connectivity index (χ4v) is 2.95. The second-order valence-corrected chi connectivity index (χ2v) is 5.04. The van der Waals surface area contributed by atoms with Gasteiger partial charge in [-0.05, 0) is 31.9 Å². The Morgan fingerprint density at radius 3 is 2.77 bits per heavy atom. The maximum atomic E-state index is 10.7. The molecule has 3 nitrogen and oxygen atoms in total. The Kier molecular flexibility index (Phi) is 4.06. The molecule has 1 fully saturated rings. The number of carboxylic acids is 1. The Morgan fingerprint density at radius 2 is 2.38 bits per heavy atom. The van der Waals surface area contributed by atoms with Crippen molar-refractivity contribution in [1.82, 2.24) is 0 Å². The number of carbonyl (C=O) groups is 1. The van der Waals surface area contributed by atoms with Gasteiger partial charge in [0.1, 0.15) is 0 Å². The van der Waals surface area contributed by atoms with Crippen molar-refractivity contribution in [2.45, 2.75) is 37.5 Å². The largest absolute Gasteiger partial charge is 0.481 e. The van der Waals surface area contributed by atoms with Crippen LogP contribution in [0.25, 0.3) is 0 Å². The number of nitrogens with two attached hydrogens (primary N) is 1. The predicted octanol–water partition coefficient (Wildman–Crippen LogP) is 1.32. The Labute approximate surface area is 83.1 Å².